The molecule has 0 aliphatic heterocycles. The summed E-state index contributed by atoms with van der Waals surface area (Å²) in [5.41, 5.74) is 1.96. The van der Waals surface area contributed by atoms with E-state index >= 15 is 0 Å². The first-order chi connectivity index (χ1) is 9.81. The minimum atomic E-state index is 0.0459. The van der Waals surface area contributed by atoms with E-state index in [0.717, 1.165) is 16.9 Å². The molecule has 0 radical (unpaired) electrons. The van der Waals surface area contributed by atoms with Crippen LogP contribution in [-0.4, -0.2) is 11.7 Å². The summed E-state index contributed by atoms with van der Waals surface area (Å²) in [5, 5.41) is 10.6. The number of hydrogen-bond donors (Lipinski definition) is 1. The first kappa shape index (κ1) is 13.2. The highest BCUT2D eigenvalue weighted by atomic mass is 32.1. The molecule has 0 atom stereocenters. The van der Waals surface area contributed by atoms with Crippen LogP contribution >= 0.6 is 11.3 Å². The van der Waals surface area contributed by atoms with Crippen LogP contribution in [0.15, 0.2) is 48.5 Å². The molecule has 0 spiro atoms. The van der Waals surface area contributed by atoms with E-state index in [2.05, 4.69) is 24.3 Å². The molecule has 2 aromatic carbocycles. The minimum absolute atomic E-state index is 0.0459. The van der Waals surface area contributed by atoms with Gasteiger partial charge in [0, 0.05) is 15.1 Å². The molecule has 3 heteroatoms. The smallest absolute Gasteiger partial charge is 0.127 e. The molecule has 0 aliphatic carbocycles. The minimum Gasteiger partial charge on any atom is -0.493 e. The Morgan fingerprint density at radius 2 is 1.95 bits per heavy atom. The van der Waals surface area contributed by atoms with Crippen LogP contribution in [0.25, 0.3) is 20.5 Å². The normalized spacial score (nSPS) is 10.9. The van der Waals surface area contributed by atoms with Crippen molar-refractivity contribution in [2.75, 3.05) is 6.61 Å². The van der Waals surface area contributed by atoms with Crippen LogP contribution in [0.2, 0.25) is 0 Å². The number of aliphatic hydroxyl groups excluding tert-OH is 1. The molecule has 0 aliphatic rings. The lowest BCUT2D eigenvalue weighted by molar-refractivity contribution is 0.281. The molecule has 2 nitrogen and oxygen atoms in total. The van der Waals surface area contributed by atoms with Gasteiger partial charge in [-0.25, -0.2) is 0 Å². The standard InChI is InChI=1S/C17H16O2S/c1-2-19-15-8-7-12(11-18)9-14(15)17-10-13-5-3-4-6-16(13)20-17/h3-10,18H,2,11H2,1H3. The summed E-state index contributed by atoms with van der Waals surface area (Å²) >= 11 is 1.75. The highest BCUT2D eigenvalue weighted by Crippen LogP contribution is 2.38. The number of rotatable bonds is 4. The SMILES string of the molecule is CCOc1ccc(CO)cc1-c1cc2ccccc2s1. The highest BCUT2D eigenvalue weighted by Gasteiger charge is 2.10. The summed E-state index contributed by atoms with van der Waals surface area (Å²) in [4.78, 5) is 1.17. The summed E-state index contributed by atoms with van der Waals surface area (Å²) in [6.07, 6.45) is 0. The van der Waals surface area contributed by atoms with E-state index in [1.807, 2.05) is 31.2 Å². The van der Waals surface area contributed by atoms with Gasteiger partial charge in [-0.3, -0.25) is 0 Å². The van der Waals surface area contributed by atoms with Crippen LogP contribution in [-0.2, 0) is 6.61 Å². The molecule has 0 fully saturated rings. The first-order valence-electron chi connectivity index (χ1n) is 6.67. The Hall–Kier alpha value is -1.84. The molecule has 0 unspecified atom stereocenters. The molecule has 0 saturated carbocycles. The Morgan fingerprint density at radius 1 is 1.10 bits per heavy atom. The second-order valence-electron chi connectivity index (χ2n) is 4.57. The van der Waals surface area contributed by atoms with Gasteiger partial charge in [0.05, 0.1) is 13.2 Å². The van der Waals surface area contributed by atoms with Crippen molar-refractivity contribution in [2.24, 2.45) is 0 Å². The van der Waals surface area contributed by atoms with Crippen LogP contribution in [0.3, 0.4) is 0 Å². The van der Waals surface area contributed by atoms with Crippen LogP contribution in [0, 0.1) is 0 Å². The third kappa shape index (κ3) is 2.42. The zero-order valence-corrected chi connectivity index (χ0v) is 12.1. The maximum Gasteiger partial charge on any atom is 0.127 e. The molecule has 0 amide bonds. The van der Waals surface area contributed by atoms with Crippen molar-refractivity contribution in [2.45, 2.75) is 13.5 Å². The van der Waals surface area contributed by atoms with Crippen molar-refractivity contribution in [3.05, 3.63) is 54.1 Å². The summed E-state index contributed by atoms with van der Waals surface area (Å²) in [6.45, 7) is 2.66. The average molecular weight is 284 g/mol. The second kappa shape index (κ2) is 5.65. The van der Waals surface area contributed by atoms with Gasteiger partial charge in [0.1, 0.15) is 5.75 Å². The zero-order chi connectivity index (χ0) is 13.9. The Bertz CT molecular complexity index is 698. The summed E-state index contributed by atoms with van der Waals surface area (Å²) in [7, 11) is 0. The number of hydrogen-bond acceptors (Lipinski definition) is 3. The number of fused-ring (bicyclic) bond motifs is 1. The number of benzene rings is 2. The van der Waals surface area contributed by atoms with Crippen molar-refractivity contribution in [1.82, 2.24) is 0 Å². The molecule has 0 saturated heterocycles. The van der Waals surface area contributed by atoms with Crippen LogP contribution in [0.1, 0.15) is 12.5 Å². The number of ether oxygens (including phenoxy) is 1. The lowest BCUT2D eigenvalue weighted by atomic mass is 10.1. The molecule has 3 rings (SSSR count). The average Bonchev–Trinajstić information content (AvgIpc) is 2.91. The molecule has 20 heavy (non-hydrogen) atoms. The van der Waals surface area contributed by atoms with Crippen molar-refractivity contribution in [3.8, 4) is 16.2 Å². The van der Waals surface area contributed by atoms with Gasteiger partial charge in [-0.1, -0.05) is 24.3 Å². The van der Waals surface area contributed by atoms with Crippen molar-refractivity contribution < 1.29 is 9.84 Å². The van der Waals surface area contributed by atoms with Gasteiger partial charge in [0.25, 0.3) is 0 Å². The van der Waals surface area contributed by atoms with Gasteiger partial charge >= 0.3 is 0 Å². The van der Waals surface area contributed by atoms with Gasteiger partial charge in [-0.05, 0) is 42.1 Å². The zero-order valence-electron chi connectivity index (χ0n) is 11.3. The van der Waals surface area contributed by atoms with E-state index in [9.17, 15) is 5.11 Å². The van der Waals surface area contributed by atoms with Gasteiger partial charge in [0.15, 0.2) is 0 Å². The van der Waals surface area contributed by atoms with Gasteiger partial charge in [0.2, 0.25) is 0 Å². The molecule has 1 heterocycles. The maximum absolute atomic E-state index is 9.33. The van der Waals surface area contributed by atoms with E-state index in [1.54, 1.807) is 11.3 Å². The number of thiophene rings is 1. The van der Waals surface area contributed by atoms with E-state index in [1.165, 1.54) is 15.0 Å². The molecule has 3 aromatic rings. The molecule has 1 N–H and O–H groups in total. The lowest BCUT2D eigenvalue weighted by Gasteiger charge is -2.10. The van der Waals surface area contributed by atoms with Gasteiger partial charge in [-0.2, -0.15) is 0 Å². The van der Waals surface area contributed by atoms with Crippen molar-refractivity contribution >= 4 is 21.4 Å². The highest BCUT2D eigenvalue weighted by molar-refractivity contribution is 7.22. The topological polar surface area (TPSA) is 29.5 Å². The van der Waals surface area contributed by atoms with Crippen molar-refractivity contribution in [1.29, 1.82) is 0 Å². The van der Waals surface area contributed by atoms with E-state index in [4.69, 9.17) is 4.74 Å². The fraction of sp³-hybridized carbons (Fsp3) is 0.176. The fourth-order valence-electron chi connectivity index (χ4n) is 2.26. The van der Waals surface area contributed by atoms with Gasteiger partial charge in [-0.15, -0.1) is 11.3 Å². The summed E-state index contributed by atoms with van der Waals surface area (Å²) < 4.78 is 6.98. The fourth-order valence-corrected chi connectivity index (χ4v) is 3.35. The quantitative estimate of drug-likeness (QED) is 0.766. The first-order valence-corrected chi connectivity index (χ1v) is 7.49. The molecule has 102 valence electrons. The van der Waals surface area contributed by atoms with E-state index < -0.39 is 0 Å². The second-order valence-corrected chi connectivity index (χ2v) is 5.65. The predicted molar refractivity (Wildman–Crippen MR) is 84.4 cm³/mol. The number of aliphatic hydroxyl groups is 1. The lowest BCUT2D eigenvalue weighted by Crippen LogP contribution is -1.94. The Kier molecular flexibility index (Phi) is 3.72. The van der Waals surface area contributed by atoms with E-state index in [0.29, 0.717) is 6.61 Å². The largest absolute Gasteiger partial charge is 0.493 e. The van der Waals surface area contributed by atoms with Gasteiger partial charge < -0.3 is 9.84 Å². The van der Waals surface area contributed by atoms with Crippen LogP contribution in [0.4, 0.5) is 0 Å². The monoisotopic (exact) mass is 284 g/mol. The molecular weight excluding hydrogens is 268 g/mol. The third-order valence-electron chi connectivity index (χ3n) is 3.22. The summed E-state index contributed by atoms with van der Waals surface area (Å²) in [5.74, 6) is 0.872. The third-order valence-corrected chi connectivity index (χ3v) is 4.37. The van der Waals surface area contributed by atoms with Crippen LogP contribution in [0.5, 0.6) is 5.75 Å². The Labute approximate surface area is 122 Å². The Morgan fingerprint density at radius 3 is 2.70 bits per heavy atom. The van der Waals surface area contributed by atoms with Crippen molar-refractivity contribution in [3.63, 3.8) is 0 Å². The summed E-state index contributed by atoms with van der Waals surface area (Å²) in [6, 6.07) is 16.4. The Balaban J connectivity index is 2.15. The predicted octanol–water partition coefficient (Wildman–Crippen LogP) is 4.46. The molecule has 0 bridgehead atoms. The molecule has 1 aromatic heterocycles. The van der Waals surface area contributed by atoms with E-state index in [-0.39, 0.29) is 6.61 Å². The molecular formula is C17H16O2S. The van der Waals surface area contributed by atoms with Crippen LogP contribution < -0.4 is 4.74 Å². The maximum atomic E-state index is 9.33.